The Bertz CT molecular complexity index is 338. The van der Waals surface area contributed by atoms with Crippen LogP contribution in [0.15, 0.2) is 24.3 Å². The molecule has 0 aliphatic carbocycles. The topological polar surface area (TPSA) is 52.5 Å². The minimum absolute atomic E-state index is 0.231. The highest BCUT2D eigenvalue weighted by Crippen LogP contribution is 2.11. The van der Waals surface area contributed by atoms with Crippen LogP contribution in [-0.4, -0.2) is 35.0 Å². The van der Waals surface area contributed by atoms with Gasteiger partial charge in [-0.15, -0.1) is 0 Å². The van der Waals surface area contributed by atoms with Crippen LogP contribution >= 0.6 is 11.6 Å². The minimum Gasteiger partial charge on any atom is -0.393 e. The van der Waals surface area contributed by atoms with Gasteiger partial charge in [-0.05, 0) is 38.0 Å². The molecule has 3 nitrogen and oxygen atoms in total. The second-order valence-electron chi connectivity index (χ2n) is 4.77. The van der Waals surface area contributed by atoms with E-state index >= 15 is 0 Å². The fraction of sp³-hybridized carbons (Fsp3) is 0.538. The van der Waals surface area contributed by atoms with Crippen LogP contribution in [-0.2, 0) is 6.42 Å². The van der Waals surface area contributed by atoms with E-state index in [1.807, 2.05) is 31.2 Å². The first-order valence-corrected chi connectivity index (χ1v) is 6.12. The zero-order valence-electron chi connectivity index (χ0n) is 10.3. The van der Waals surface area contributed by atoms with Gasteiger partial charge < -0.3 is 15.5 Å². The Morgan fingerprint density at radius 2 is 1.94 bits per heavy atom. The van der Waals surface area contributed by atoms with Crippen molar-refractivity contribution in [1.82, 2.24) is 5.32 Å². The number of aliphatic hydroxyl groups is 2. The zero-order valence-corrected chi connectivity index (χ0v) is 11.0. The predicted octanol–water partition coefficient (Wildman–Crippen LogP) is 1.60. The molecule has 0 aliphatic rings. The first-order chi connectivity index (χ1) is 7.93. The molecule has 0 saturated heterocycles. The molecular weight excluding hydrogens is 238 g/mol. The average Bonchev–Trinajstić information content (AvgIpc) is 2.30. The van der Waals surface area contributed by atoms with Crippen LogP contribution in [0.2, 0.25) is 5.02 Å². The summed E-state index contributed by atoms with van der Waals surface area (Å²) < 4.78 is 0. The Kier molecular flexibility index (Phi) is 5.40. The van der Waals surface area contributed by atoms with Gasteiger partial charge in [-0.3, -0.25) is 0 Å². The molecule has 2 atom stereocenters. The molecule has 0 heterocycles. The zero-order chi connectivity index (χ0) is 12.9. The van der Waals surface area contributed by atoms with Crippen molar-refractivity contribution in [3.05, 3.63) is 34.9 Å². The van der Waals surface area contributed by atoms with Crippen LogP contribution in [0.4, 0.5) is 0 Å². The van der Waals surface area contributed by atoms with Gasteiger partial charge in [0.1, 0.15) is 0 Å². The van der Waals surface area contributed by atoms with Crippen LogP contribution in [0.5, 0.6) is 0 Å². The summed E-state index contributed by atoms with van der Waals surface area (Å²) in [6.45, 7) is 3.78. The van der Waals surface area contributed by atoms with E-state index in [2.05, 4.69) is 5.32 Å². The van der Waals surface area contributed by atoms with E-state index in [-0.39, 0.29) is 12.6 Å². The highest BCUT2D eigenvalue weighted by molar-refractivity contribution is 6.30. The van der Waals surface area contributed by atoms with Gasteiger partial charge in [0, 0.05) is 17.6 Å². The van der Waals surface area contributed by atoms with E-state index in [0.29, 0.717) is 6.54 Å². The summed E-state index contributed by atoms with van der Waals surface area (Å²) in [6.07, 6.45) is 0.860. The molecule has 3 N–H and O–H groups in total. The van der Waals surface area contributed by atoms with Gasteiger partial charge in [-0.25, -0.2) is 0 Å². The summed E-state index contributed by atoms with van der Waals surface area (Å²) in [5.74, 6) is 0. The van der Waals surface area contributed by atoms with Crippen molar-refractivity contribution in [3.8, 4) is 0 Å². The van der Waals surface area contributed by atoms with Gasteiger partial charge in [0.25, 0.3) is 0 Å². The molecule has 0 amide bonds. The Hall–Kier alpha value is -0.610. The average molecular weight is 258 g/mol. The monoisotopic (exact) mass is 257 g/mol. The van der Waals surface area contributed by atoms with E-state index in [1.165, 1.54) is 5.56 Å². The van der Waals surface area contributed by atoms with Crippen LogP contribution in [0.1, 0.15) is 19.4 Å². The molecule has 0 aromatic heterocycles. The van der Waals surface area contributed by atoms with Crippen LogP contribution in [0.25, 0.3) is 0 Å². The summed E-state index contributed by atoms with van der Waals surface area (Å²) in [4.78, 5) is 0. The summed E-state index contributed by atoms with van der Waals surface area (Å²) in [5.41, 5.74) is 0.131. The first-order valence-electron chi connectivity index (χ1n) is 5.74. The van der Waals surface area contributed by atoms with Gasteiger partial charge >= 0.3 is 0 Å². The van der Waals surface area contributed by atoms with Crippen molar-refractivity contribution < 1.29 is 10.2 Å². The van der Waals surface area contributed by atoms with Crippen LogP contribution < -0.4 is 5.32 Å². The second kappa shape index (κ2) is 6.36. The van der Waals surface area contributed by atoms with Gasteiger partial charge in [-0.1, -0.05) is 23.7 Å². The lowest BCUT2D eigenvalue weighted by atomic mass is 10.1. The smallest absolute Gasteiger partial charge is 0.0972 e. The third-order valence-corrected chi connectivity index (χ3v) is 2.88. The van der Waals surface area contributed by atoms with Crippen molar-refractivity contribution in [3.63, 3.8) is 0 Å². The summed E-state index contributed by atoms with van der Waals surface area (Å²) in [6, 6.07) is 7.95. The molecule has 96 valence electrons. The van der Waals surface area contributed by atoms with Crippen molar-refractivity contribution in [2.75, 3.05) is 13.2 Å². The molecular formula is C13H20ClNO2. The van der Waals surface area contributed by atoms with E-state index in [4.69, 9.17) is 16.7 Å². The Labute approximate surface area is 107 Å². The van der Waals surface area contributed by atoms with Gasteiger partial charge in [-0.2, -0.15) is 0 Å². The molecule has 0 fully saturated rings. The SMILES string of the molecule is CC(Cc1ccc(Cl)cc1)NCC(C)(O)CO. The number of aliphatic hydroxyl groups excluding tert-OH is 1. The summed E-state index contributed by atoms with van der Waals surface area (Å²) in [5, 5.41) is 22.5. The first kappa shape index (κ1) is 14.5. The Morgan fingerprint density at radius 1 is 1.35 bits per heavy atom. The predicted molar refractivity (Wildman–Crippen MR) is 70.3 cm³/mol. The fourth-order valence-electron chi connectivity index (χ4n) is 1.50. The summed E-state index contributed by atoms with van der Waals surface area (Å²) >= 11 is 5.81. The lowest BCUT2D eigenvalue weighted by molar-refractivity contribution is 0.00111. The van der Waals surface area contributed by atoms with E-state index < -0.39 is 5.60 Å². The molecule has 2 unspecified atom stereocenters. The molecule has 0 aliphatic heterocycles. The number of hydrogen-bond acceptors (Lipinski definition) is 3. The fourth-order valence-corrected chi connectivity index (χ4v) is 1.62. The highest BCUT2D eigenvalue weighted by Gasteiger charge is 2.19. The molecule has 0 bridgehead atoms. The standard InChI is InChI=1S/C13H20ClNO2/c1-10(15-8-13(2,17)9-16)7-11-3-5-12(14)6-4-11/h3-6,10,15-17H,7-9H2,1-2H3. The number of nitrogens with one attached hydrogen (secondary N) is 1. The number of hydrogen-bond donors (Lipinski definition) is 3. The van der Waals surface area contributed by atoms with E-state index in [1.54, 1.807) is 6.92 Å². The maximum Gasteiger partial charge on any atom is 0.0972 e. The van der Waals surface area contributed by atoms with Gasteiger partial charge in [0.2, 0.25) is 0 Å². The molecule has 0 saturated carbocycles. The third kappa shape index (κ3) is 5.50. The summed E-state index contributed by atoms with van der Waals surface area (Å²) in [7, 11) is 0. The maximum absolute atomic E-state index is 9.64. The van der Waals surface area contributed by atoms with Crippen molar-refractivity contribution in [2.24, 2.45) is 0 Å². The van der Waals surface area contributed by atoms with Crippen molar-refractivity contribution >= 4 is 11.6 Å². The normalized spacial score (nSPS) is 16.5. The van der Waals surface area contributed by atoms with E-state index in [9.17, 15) is 5.11 Å². The van der Waals surface area contributed by atoms with Crippen LogP contribution in [0.3, 0.4) is 0 Å². The molecule has 0 radical (unpaired) electrons. The Morgan fingerprint density at radius 3 is 2.47 bits per heavy atom. The number of halogens is 1. The molecule has 17 heavy (non-hydrogen) atoms. The lowest BCUT2D eigenvalue weighted by Crippen LogP contribution is -2.44. The van der Waals surface area contributed by atoms with E-state index in [0.717, 1.165) is 11.4 Å². The molecule has 1 aromatic rings. The quantitative estimate of drug-likeness (QED) is 0.726. The maximum atomic E-state index is 9.64. The lowest BCUT2D eigenvalue weighted by Gasteiger charge is -2.23. The largest absolute Gasteiger partial charge is 0.393 e. The van der Waals surface area contributed by atoms with Crippen LogP contribution in [0, 0.1) is 0 Å². The minimum atomic E-state index is -1.06. The molecule has 0 spiro atoms. The molecule has 4 heteroatoms. The van der Waals surface area contributed by atoms with Gasteiger partial charge in [0.05, 0.1) is 12.2 Å². The Balaban J connectivity index is 2.39. The number of rotatable bonds is 6. The molecule has 1 rings (SSSR count). The van der Waals surface area contributed by atoms with Crippen molar-refractivity contribution in [1.29, 1.82) is 0 Å². The second-order valence-corrected chi connectivity index (χ2v) is 5.20. The highest BCUT2D eigenvalue weighted by atomic mass is 35.5. The third-order valence-electron chi connectivity index (χ3n) is 2.63. The number of benzene rings is 1. The van der Waals surface area contributed by atoms with Gasteiger partial charge in [0.15, 0.2) is 0 Å². The molecule has 1 aromatic carbocycles. The van der Waals surface area contributed by atoms with Crippen molar-refractivity contribution in [2.45, 2.75) is 31.9 Å².